The standard InChI is InChI=1S/C21H26N2O4S/c1-15(2)23-28(25,26)20-13-7-16(8-14-20)21(24)22-17-9-11-19(12-10-17)27-18-5-3-4-6-18/h7-15,18,23H,3-6H2,1-2H3,(H,22,24). The van der Waals surface area contributed by atoms with Crippen LogP contribution in [0.25, 0.3) is 0 Å². The highest BCUT2D eigenvalue weighted by atomic mass is 32.2. The van der Waals surface area contributed by atoms with Gasteiger partial charge in [0.25, 0.3) is 5.91 Å². The fourth-order valence-corrected chi connectivity index (χ4v) is 4.43. The first kappa shape index (κ1) is 20.4. The minimum Gasteiger partial charge on any atom is -0.490 e. The van der Waals surface area contributed by atoms with Crippen LogP contribution in [0, 0.1) is 0 Å². The third kappa shape index (κ3) is 5.33. The highest BCUT2D eigenvalue weighted by molar-refractivity contribution is 7.89. The van der Waals surface area contributed by atoms with Crippen molar-refractivity contribution in [3.8, 4) is 5.75 Å². The van der Waals surface area contributed by atoms with Gasteiger partial charge in [-0.3, -0.25) is 4.79 Å². The summed E-state index contributed by atoms with van der Waals surface area (Å²) in [4.78, 5) is 12.5. The molecule has 2 aromatic carbocycles. The summed E-state index contributed by atoms with van der Waals surface area (Å²) in [5.41, 5.74) is 1.04. The molecule has 1 aliphatic carbocycles. The largest absolute Gasteiger partial charge is 0.490 e. The molecule has 0 aromatic heterocycles. The molecule has 2 N–H and O–H groups in total. The Morgan fingerprint density at radius 3 is 2.18 bits per heavy atom. The molecule has 7 heteroatoms. The fraction of sp³-hybridized carbons (Fsp3) is 0.381. The molecule has 0 bridgehead atoms. The molecule has 0 radical (unpaired) electrons. The van der Waals surface area contributed by atoms with E-state index in [1.807, 2.05) is 12.1 Å². The highest BCUT2D eigenvalue weighted by Crippen LogP contribution is 2.25. The number of nitrogens with one attached hydrogen (secondary N) is 2. The maximum Gasteiger partial charge on any atom is 0.255 e. The van der Waals surface area contributed by atoms with Crippen molar-refractivity contribution in [2.45, 2.75) is 56.6 Å². The molecule has 3 rings (SSSR count). The Morgan fingerprint density at radius 1 is 1.00 bits per heavy atom. The van der Waals surface area contributed by atoms with Gasteiger partial charge in [-0.05, 0) is 88.1 Å². The molecular formula is C21H26N2O4S. The number of carbonyl (C=O) groups excluding carboxylic acids is 1. The molecule has 1 saturated carbocycles. The number of carbonyl (C=O) groups is 1. The normalized spacial score (nSPS) is 15.0. The van der Waals surface area contributed by atoms with Crippen molar-refractivity contribution in [2.75, 3.05) is 5.32 Å². The summed E-state index contributed by atoms with van der Waals surface area (Å²) < 4.78 is 32.7. The summed E-state index contributed by atoms with van der Waals surface area (Å²) in [7, 11) is -3.57. The van der Waals surface area contributed by atoms with Crippen molar-refractivity contribution in [3.05, 3.63) is 54.1 Å². The Bertz CT molecular complexity index is 900. The van der Waals surface area contributed by atoms with Gasteiger partial charge in [0.1, 0.15) is 5.75 Å². The van der Waals surface area contributed by atoms with Crippen molar-refractivity contribution in [1.82, 2.24) is 4.72 Å². The van der Waals surface area contributed by atoms with E-state index < -0.39 is 10.0 Å². The van der Waals surface area contributed by atoms with Crippen molar-refractivity contribution in [1.29, 1.82) is 0 Å². The summed E-state index contributed by atoms with van der Waals surface area (Å²) in [6, 6.07) is 13.0. The Balaban J connectivity index is 1.61. The number of benzene rings is 2. The maximum absolute atomic E-state index is 12.4. The average Bonchev–Trinajstić information content (AvgIpc) is 3.15. The zero-order chi connectivity index (χ0) is 20.1. The van der Waals surface area contributed by atoms with E-state index in [2.05, 4.69) is 10.0 Å². The quantitative estimate of drug-likeness (QED) is 0.734. The second kappa shape index (κ2) is 8.75. The summed E-state index contributed by atoms with van der Waals surface area (Å²) in [5, 5.41) is 2.81. The van der Waals surface area contributed by atoms with Crippen LogP contribution in [0.5, 0.6) is 5.75 Å². The van der Waals surface area contributed by atoms with Crippen LogP contribution in [0.15, 0.2) is 53.4 Å². The smallest absolute Gasteiger partial charge is 0.255 e. The van der Waals surface area contributed by atoms with Crippen molar-refractivity contribution >= 4 is 21.6 Å². The minimum absolute atomic E-state index is 0.131. The molecular weight excluding hydrogens is 376 g/mol. The summed E-state index contributed by atoms with van der Waals surface area (Å²) in [6.07, 6.45) is 4.91. The van der Waals surface area contributed by atoms with E-state index in [1.165, 1.54) is 37.1 Å². The van der Waals surface area contributed by atoms with Crippen LogP contribution in [0.1, 0.15) is 49.9 Å². The number of hydrogen-bond acceptors (Lipinski definition) is 4. The molecule has 28 heavy (non-hydrogen) atoms. The van der Waals surface area contributed by atoms with Gasteiger partial charge in [0.2, 0.25) is 10.0 Å². The molecule has 0 unspecified atom stereocenters. The first-order valence-corrected chi connectivity index (χ1v) is 11.0. The predicted octanol–water partition coefficient (Wildman–Crippen LogP) is 3.95. The molecule has 1 amide bonds. The topological polar surface area (TPSA) is 84.5 Å². The van der Waals surface area contributed by atoms with E-state index in [1.54, 1.807) is 26.0 Å². The zero-order valence-electron chi connectivity index (χ0n) is 16.1. The van der Waals surface area contributed by atoms with E-state index in [0.29, 0.717) is 17.4 Å². The second-order valence-corrected chi connectivity index (χ2v) is 9.02. The average molecular weight is 403 g/mol. The van der Waals surface area contributed by atoms with Gasteiger partial charge < -0.3 is 10.1 Å². The van der Waals surface area contributed by atoms with Gasteiger partial charge in [-0.1, -0.05) is 0 Å². The molecule has 0 saturated heterocycles. The van der Waals surface area contributed by atoms with E-state index in [0.717, 1.165) is 18.6 Å². The number of ether oxygens (including phenoxy) is 1. The first-order chi connectivity index (χ1) is 13.3. The lowest BCUT2D eigenvalue weighted by Gasteiger charge is -2.13. The summed E-state index contributed by atoms with van der Waals surface area (Å²) in [5.74, 6) is 0.502. The van der Waals surface area contributed by atoms with Gasteiger partial charge >= 0.3 is 0 Å². The molecule has 0 heterocycles. The maximum atomic E-state index is 12.4. The minimum atomic E-state index is -3.57. The molecule has 150 valence electrons. The van der Waals surface area contributed by atoms with Crippen LogP contribution in [-0.2, 0) is 10.0 Å². The molecule has 6 nitrogen and oxygen atoms in total. The van der Waals surface area contributed by atoms with Gasteiger partial charge in [0.05, 0.1) is 11.0 Å². The Labute approximate surface area is 166 Å². The van der Waals surface area contributed by atoms with Gasteiger partial charge in [-0.2, -0.15) is 0 Å². The lowest BCUT2D eigenvalue weighted by molar-refractivity contribution is 0.102. The van der Waals surface area contributed by atoms with Crippen LogP contribution in [0.4, 0.5) is 5.69 Å². The van der Waals surface area contributed by atoms with Crippen molar-refractivity contribution in [2.24, 2.45) is 0 Å². The van der Waals surface area contributed by atoms with Crippen molar-refractivity contribution in [3.63, 3.8) is 0 Å². The van der Waals surface area contributed by atoms with E-state index >= 15 is 0 Å². The zero-order valence-corrected chi connectivity index (χ0v) is 17.0. The third-order valence-corrected chi connectivity index (χ3v) is 6.21. The SMILES string of the molecule is CC(C)NS(=O)(=O)c1ccc(C(=O)Nc2ccc(OC3CCCC3)cc2)cc1. The third-order valence-electron chi connectivity index (χ3n) is 4.53. The predicted molar refractivity (Wildman–Crippen MR) is 109 cm³/mol. The van der Waals surface area contributed by atoms with Gasteiger partial charge in [0.15, 0.2) is 0 Å². The van der Waals surface area contributed by atoms with Crippen molar-refractivity contribution < 1.29 is 17.9 Å². The second-order valence-electron chi connectivity index (χ2n) is 7.30. The van der Waals surface area contributed by atoms with Crippen LogP contribution in [-0.4, -0.2) is 26.5 Å². The van der Waals surface area contributed by atoms with Crippen LogP contribution in [0.2, 0.25) is 0 Å². The van der Waals surface area contributed by atoms with Crippen LogP contribution >= 0.6 is 0 Å². The lowest BCUT2D eigenvalue weighted by Crippen LogP contribution is -2.30. The number of sulfonamides is 1. The Morgan fingerprint density at radius 2 is 1.61 bits per heavy atom. The van der Waals surface area contributed by atoms with Gasteiger partial charge in [0, 0.05) is 17.3 Å². The van der Waals surface area contributed by atoms with Gasteiger partial charge in [-0.25, -0.2) is 13.1 Å². The lowest BCUT2D eigenvalue weighted by atomic mass is 10.2. The summed E-state index contributed by atoms with van der Waals surface area (Å²) >= 11 is 0. The van der Waals surface area contributed by atoms with E-state index in [4.69, 9.17) is 4.74 Å². The monoisotopic (exact) mass is 402 g/mol. The summed E-state index contributed by atoms with van der Waals surface area (Å²) in [6.45, 7) is 3.51. The molecule has 1 fully saturated rings. The first-order valence-electron chi connectivity index (χ1n) is 9.54. The number of amides is 1. The molecule has 2 aromatic rings. The van der Waals surface area contributed by atoms with Gasteiger partial charge in [-0.15, -0.1) is 0 Å². The molecule has 0 atom stereocenters. The highest BCUT2D eigenvalue weighted by Gasteiger charge is 2.17. The number of anilines is 1. The number of hydrogen-bond donors (Lipinski definition) is 2. The number of rotatable bonds is 7. The fourth-order valence-electron chi connectivity index (χ4n) is 3.18. The van der Waals surface area contributed by atoms with Crippen LogP contribution in [0.3, 0.4) is 0 Å². The van der Waals surface area contributed by atoms with E-state index in [-0.39, 0.29) is 16.8 Å². The van der Waals surface area contributed by atoms with Crippen LogP contribution < -0.4 is 14.8 Å². The molecule has 0 spiro atoms. The Kier molecular flexibility index (Phi) is 6.36. The molecule has 0 aliphatic heterocycles. The Hall–Kier alpha value is -2.38. The molecule has 1 aliphatic rings. The van der Waals surface area contributed by atoms with E-state index in [9.17, 15) is 13.2 Å².